The van der Waals surface area contributed by atoms with Crippen molar-refractivity contribution in [2.75, 3.05) is 7.11 Å². The molecule has 0 fully saturated rings. The summed E-state index contributed by atoms with van der Waals surface area (Å²) in [5.74, 6) is -0.480. The number of pyridine rings is 1. The van der Waals surface area contributed by atoms with Crippen LogP contribution in [0.1, 0.15) is 19.5 Å². The van der Waals surface area contributed by atoms with Crippen LogP contribution >= 0.6 is 29.8 Å². The van der Waals surface area contributed by atoms with Crippen LogP contribution in [0.5, 0.6) is 5.88 Å². The van der Waals surface area contributed by atoms with E-state index in [1.807, 2.05) is 0 Å². The lowest BCUT2D eigenvalue weighted by Gasteiger charge is -2.24. The molecule has 0 aliphatic rings. The highest BCUT2D eigenvalue weighted by Crippen LogP contribution is 2.47. The Morgan fingerprint density at radius 2 is 1.90 bits per heavy atom. The lowest BCUT2D eigenvalue weighted by Crippen LogP contribution is -2.23. The number of aromatic nitrogens is 1. The molecule has 1 unspecified atom stereocenters. The van der Waals surface area contributed by atoms with E-state index in [4.69, 9.17) is 44.1 Å². The smallest absolute Gasteiger partial charge is 0.413 e. The van der Waals surface area contributed by atoms with E-state index >= 15 is 0 Å². The highest BCUT2D eigenvalue weighted by atomic mass is 35.5. The molecule has 1 heterocycles. The van der Waals surface area contributed by atoms with Crippen LogP contribution in [0.4, 0.5) is 13.2 Å². The summed E-state index contributed by atoms with van der Waals surface area (Å²) >= 11 is 16.4. The fraction of sp³-hybridized carbons (Fsp3) is 0.500. The second kappa shape index (κ2) is 6.98. The summed E-state index contributed by atoms with van der Waals surface area (Å²) in [5, 5.41) is 2.01. The number of hydrogen-bond donors (Lipinski definition) is 1. The van der Waals surface area contributed by atoms with Crippen LogP contribution < -0.4 is 9.61 Å². The van der Waals surface area contributed by atoms with Gasteiger partial charge in [0.15, 0.2) is 5.69 Å². The molecule has 1 N–H and O–H groups in total. The lowest BCUT2D eigenvalue weighted by molar-refractivity contribution is -0.141. The Labute approximate surface area is 135 Å². The maximum atomic E-state index is 12.8. The molecule has 0 aliphatic heterocycles. The molecule has 120 valence electrons. The zero-order valence-corrected chi connectivity index (χ0v) is 14.4. The summed E-state index contributed by atoms with van der Waals surface area (Å²) in [5.41, 5.74) is -1.30. The number of rotatable bonds is 5. The summed E-state index contributed by atoms with van der Waals surface area (Å²) in [7, 11) is 1.28. The first-order valence-corrected chi connectivity index (χ1v) is 8.94. The van der Waals surface area contributed by atoms with Gasteiger partial charge >= 0.3 is 12.8 Å². The van der Waals surface area contributed by atoms with Crippen LogP contribution in [0, 0.1) is 0 Å². The number of nitrogens with zero attached hydrogens (tertiary/aromatic N) is 1. The molecule has 4 nitrogen and oxygen atoms in total. The Morgan fingerprint density at radius 1 is 1.33 bits per heavy atom. The molecule has 1 rings (SSSR count). The van der Waals surface area contributed by atoms with Crippen molar-refractivity contribution in [3.05, 3.63) is 21.8 Å². The van der Waals surface area contributed by atoms with Gasteiger partial charge in [-0.25, -0.2) is 10.1 Å². The molecule has 0 aliphatic carbocycles. The van der Waals surface area contributed by atoms with Crippen LogP contribution in [-0.4, -0.2) is 18.1 Å². The molecule has 0 bridgehead atoms. The molecule has 1 atom stereocenters. The third-order valence-corrected chi connectivity index (χ3v) is 5.30. The van der Waals surface area contributed by atoms with E-state index in [0.717, 1.165) is 6.07 Å². The minimum Gasteiger partial charge on any atom is -0.413 e. The van der Waals surface area contributed by atoms with Gasteiger partial charge in [-0.15, -0.1) is 0 Å². The van der Waals surface area contributed by atoms with Crippen LogP contribution in [0.2, 0.25) is 10.0 Å². The van der Waals surface area contributed by atoms with Crippen molar-refractivity contribution in [3.63, 3.8) is 0 Å². The minimum absolute atomic E-state index is 0.107. The van der Waals surface area contributed by atoms with E-state index in [9.17, 15) is 13.2 Å². The van der Waals surface area contributed by atoms with E-state index in [0.29, 0.717) is 0 Å². The van der Waals surface area contributed by atoms with Gasteiger partial charge in [-0.1, -0.05) is 23.2 Å². The SMILES string of the molecule is COP(=S)(NC(C)C)Oc1nc(C(F)(F)F)c(Cl)cc1Cl. The molecule has 1 aromatic heterocycles. The molecular formula is C10H12Cl2F3N2O2PS. The van der Waals surface area contributed by atoms with Gasteiger partial charge in [-0.2, -0.15) is 13.2 Å². The zero-order chi connectivity index (χ0) is 16.4. The Morgan fingerprint density at radius 3 is 2.33 bits per heavy atom. The largest absolute Gasteiger partial charge is 0.434 e. The number of hydrogen-bond acceptors (Lipinski definition) is 4. The van der Waals surface area contributed by atoms with E-state index in [-0.39, 0.29) is 11.1 Å². The van der Waals surface area contributed by atoms with Gasteiger partial charge in [0.2, 0.25) is 5.88 Å². The summed E-state index contributed by atoms with van der Waals surface area (Å²) < 4.78 is 48.6. The minimum atomic E-state index is -4.74. The number of nitrogens with one attached hydrogen (secondary N) is 1. The maximum absolute atomic E-state index is 12.8. The van der Waals surface area contributed by atoms with Gasteiger partial charge in [-0.3, -0.25) is 0 Å². The predicted octanol–water partition coefficient (Wildman–Crippen LogP) is 4.65. The quantitative estimate of drug-likeness (QED) is 0.750. The molecule has 0 aromatic carbocycles. The van der Waals surface area contributed by atoms with Crippen LogP contribution in [0.15, 0.2) is 6.07 Å². The van der Waals surface area contributed by atoms with Gasteiger partial charge in [0.1, 0.15) is 5.02 Å². The average Bonchev–Trinajstić information content (AvgIpc) is 2.30. The molecule has 0 saturated carbocycles. The molecule has 1 aromatic rings. The van der Waals surface area contributed by atoms with Gasteiger partial charge in [0.05, 0.1) is 5.02 Å². The Balaban J connectivity index is 3.22. The molecule has 0 spiro atoms. The highest BCUT2D eigenvalue weighted by Gasteiger charge is 2.37. The van der Waals surface area contributed by atoms with Crippen molar-refractivity contribution >= 4 is 41.7 Å². The molecule has 0 amide bonds. The first-order chi connectivity index (χ1) is 9.48. The summed E-state index contributed by atoms with van der Waals surface area (Å²) in [6.45, 7) is 0.492. The van der Waals surface area contributed by atoms with Crippen molar-refractivity contribution in [2.45, 2.75) is 26.1 Å². The number of halogens is 5. The van der Waals surface area contributed by atoms with Crippen LogP contribution in [0.25, 0.3) is 0 Å². The molecule has 21 heavy (non-hydrogen) atoms. The fourth-order valence-corrected chi connectivity index (χ4v) is 3.89. The Kier molecular flexibility index (Phi) is 6.29. The predicted molar refractivity (Wildman–Crippen MR) is 79.5 cm³/mol. The number of alkyl halides is 3. The van der Waals surface area contributed by atoms with Crippen molar-refractivity contribution in [3.8, 4) is 5.88 Å². The standard InChI is InChI=1S/C10H12Cl2F3N2O2PS/c1-5(2)17-20(21,18-3)19-9-7(12)4-6(11)8(16-9)10(13,14)15/h4-5H,1-3H3,(H,17,21). The summed E-state index contributed by atoms with van der Waals surface area (Å²) in [4.78, 5) is 3.31. The molecule has 11 heteroatoms. The normalized spacial score (nSPS) is 15.1. The van der Waals surface area contributed by atoms with Crippen molar-refractivity contribution < 1.29 is 22.2 Å². The molecule has 0 saturated heterocycles. The Hall–Kier alpha value is -0.110. The van der Waals surface area contributed by atoms with Crippen molar-refractivity contribution in [2.24, 2.45) is 0 Å². The maximum Gasteiger partial charge on any atom is 0.434 e. The van der Waals surface area contributed by atoms with E-state index < -0.39 is 29.4 Å². The second-order valence-electron chi connectivity index (χ2n) is 4.16. The van der Waals surface area contributed by atoms with Crippen LogP contribution in [-0.2, 0) is 22.5 Å². The van der Waals surface area contributed by atoms with Crippen molar-refractivity contribution in [1.82, 2.24) is 10.1 Å². The summed E-state index contributed by atoms with van der Waals surface area (Å²) in [6, 6.07) is 0.794. The van der Waals surface area contributed by atoms with E-state index in [1.165, 1.54) is 7.11 Å². The first kappa shape index (κ1) is 18.9. The van der Waals surface area contributed by atoms with Gasteiger partial charge in [-0.05, 0) is 31.7 Å². The van der Waals surface area contributed by atoms with Crippen molar-refractivity contribution in [1.29, 1.82) is 0 Å². The topological polar surface area (TPSA) is 43.4 Å². The zero-order valence-electron chi connectivity index (χ0n) is 11.2. The molecule has 0 radical (unpaired) electrons. The lowest BCUT2D eigenvalue weighted by atomic mass is 10.3. The highest BCUT2D eigenvalue weighted by molar-refractivity contribution is 8.09. The van der Waals surface area contributed by atoms with Crippen LogP contribution in [0.3, 0.4) is 0 Å². The monoisotopic (exact) mass is 382 g/mol. The van der Waals surface area contributed by atoms with Gasteiger partial charge in [0, 0.05) is 13.2 Å². The molecular weight excluding hydrogens is 371 g/mol. The van der Waals surface area contributed by atoms with E-state index in [1.54, 1.807) is 13.8 Å². The second-order valence-corrected chi connectivity index (χ2v) is 8.22. The third kappa shape index (κ3) is 5.23. The first-order valence-electron chi connectivity index (χ1n) is 5.55. The fourth-order valence-electron chi connectivity index (χ4n) is 1.26. The summed E-state index contributed by atoms with van der Waals surface area (Å²) in [6.07, 6.45) is -4.74. The van der Waals surface area contributed by atoms with Gasteiger partial charge in [0.25, 0.3) is 0 Å². The average molecular weight is 383 g/mol. The third-order valence-electron chi connectivity index (χ3n) is 2.03. The Bertz CT molecular complexity index is 572. The van der Waals surface area contributed by atoms with E-state index in [2.05, 4.69) is 10.1 Å². The van der Waals surface area contributed by atoms with Gasteiger partial charge < -0.3 is 9.05 Å².